The van der Waals surface area contributed by atoms with Gasteiger partial charge in [-0.15, -0.1) is 0 Å². The van der Waals surface area contributed by atoms with Crippen LogP contribution in [0.3, 0.4) is 0 Å². The molecule has 162 valence electrons. The smallest absolute Gasteiger partial charge is 0.303 e. The van der Waals surface area contributed by atoms with E-state index in [1.165, 1.54) is 12.1 Å². The van der Waals surface area contributed by atoms with E-state index in [0.29, 0.717) is 24.9 Å². The van der Waals surface area contributed by atoms with E-state index < -0.39 is 27.9 Å². The predicted octanol–water partition coefficient (Wildman–Crippen LogP) is 3.94. The number of carbonyl (C=O) groups is 2. The summed E-state index contributed by atoms with van der Waals surface area (Å²) in [5.74, 6) is -1.31. The van der Waals surface area contributed by atoms with Crippen LogP contribution in [0.25, 0.3) is 0 Å². The summed E-state index contributed by atoms with van der Waals surface area (Å²) in [6, 6.07) is 12.1. The average molecular weight is 497 g/mol. The van der Waals surface area contributed by atoms with Crippen molar-refractivity contribution < 1.29 is 23.1 Å². The molecule has 7 nitrogen and oxygen atoms in total. The molecule has 0 saturated heterocycles. The van der Waals surface area contributed by atoms with Crippen molar-refractivity contribution in [3.05, 3.63) is 58.6 Å². The highest BCUT2D eigenvalue weighted by Gasteiger charge is 2.25. The van der Waals surface area contributed by atoms with Gasteiger partial charge in [0.25, 0.3) is 0 Å². The van der Waals surface area contributed by atoms with Crippen molar-refractivity contribution in [1.82, 2.24) is 4.72 Å². The zero-order valence-corrected chi connectivity index (χ0v) is 19.0. The fraction of sp³-hybridized carbons (Fsp3) is 0.333. The normalized spacial score (nSPS) is 12.3. The van der Waals surface area contributed by atoms with Gasteiger partial charge in [0.2, 0.25) is 15.9 Å². The number of hydrogen-bond donors (Lipinski definition) is 3. The minimum atomic E-state index is -3.85. The minimum Gasteiger partial charge on any atom is -0.481 e. The molecule has 0 aliphatic rings. The molecule has 0 spiro atoms. The van der Waals surface area contributed by atoms with Crippen molar-refractivity contribution in [3.8, 4) is 0 Å². The quantitative estimate of drug-likeness (QED) is 0.435. The van der Waals surface area contributed by atoms with Gasteiger partial charge in [-0.25, -0.2) is 8.42 Å². The van der Waals surface area contributed by atoms with Crippen LogP contribution in [-0.2, 0) is 26.0 Å². The Morgan fingerprint density at radius 2 is 1.70 bits per heavy atom. The van der Waals surface area contributed by atoms with Crippen LogP contribution in [0.2, 0.25) is 0 Å². The van der Waals surface area contributed by atoms with Crippen molar-refractivity contribution in [1.29, 1.82) is 0 Å². The maximum absolute atomic E-state index is 12.8. The van der Waals surface area contributed by atoms with E-state index in [-0.39, 0.29) is 11.3 Å². The number of unbranched alkanes of at least 4 members (excludes halogenated alkanes) is 1. The molecule has 3 N–H and O–H groups in total. The molecule has 0 aliphatic carbocycles. The standard InChI is InChI=1S/C21H25BrN2O5S/c1-2-3-4-19(24-30(28,29)18-12-8-16(22)9-13-18)21(27)23-17-10-5-15(6-11-17)7-14-20(25)26/h5-6,8-13,19,24H,2-4,7,14H2,1H3,(H,23,27)(H,25,26). The van der Waals surface area contributed by atoms with Crippen LogP contribution in [0.4, 0.5) is 5.69 Å². The van der Waals surface area contributed by atoms with Gasteiger partial charge in [0.05, 0.1) is 4.90 Å². The van der Waals surface area contributed by atoms with E-state index in [0.717, 1.165) is 16.5 Å². The Kier molecular flexibility index (Phi) is 9.01. The number of amides is 1. The molecule has 2 aromatic rings. The molecule has 30 heavy (non-hydrogen) atoms. The highest BCUT2D eigenvalue weighted by molar-refractivity contribution is 9.10. The second kappa shape index (κ2) is 11.2. The summed E-state index contributed by atoms with van der Waals surface area (Å²) >= 11 is 3.27. The van der Waals surface area contributed by atoms with Crippen molar-refractivity contribution in [2.75, 3.05) is 5.32 Å². The number of aliphatic carboxylic acids is 1. The topological polar surface area (TPSA) is 113 Å². The van der Waals surface area contributed by atoms with Crippen LogP contribution in [0.5, 0.6) is 0 Å². The molecule has 1 unspecified atom stereocenters. The minimum absolute atomic E-state index is 0.0304. The third kappa shape index (κ3) is 7.55. The first-order valence-corrected chi connectivity index (χ1v) is 11.9. The largest absolute Gasteiger partial charge is 0.481 e. The number of anilines is 1. The molecule has 1 amide bonds. The van der Waals surface area contributed by atoms with Gasteiger partial charge in [0, 0.05) is 16.6 Å². The monoisotopic (exact) mass is 496 g/mol. The van der Waals surface area contributed by atoms with Gasteiger partial charge in [0.15, 0.2) is 0 Å². The van der Waals surface area contributed by atoms with Crippen LogP contribution in [-0.4, -0.2) is 31.4 Å². The van der Waals surface area contributed by atoms with Crippen molar-refractivity contribution in [3.63, 3.8) is 0 Å². The third-order valence-electron chi connectivity index (χ3n) is 4.43. The molecule has 9 heteroatoms. The van der Waals surface area contributed by atoms with Gasteiger partial charge >= 0.3 is 5.97 Å². The maximum Gasteiger partial charge on any atom is 0.303 e. The lowest BCUT2D eigenvalue weighted by atomic mass is 10.1. The third-order valence-corrected chi connectivity index (χ3v) is 6.45. The van der Waals surface area contributed by atoms with Crippen molar-refractivity contribution in [2.45, 2.75) is 50.0 Å². The highest BCUT2D eigenvalue weighted by Crippen LogP contribution is 2.17. The number of sulfonamides is 1. The molecular formula is C21H25BrN2O5S. The van der Waals surface area contributed by atoms with E-state index in [1.807, 2.05) is 6.92 Å². The Hall–Kier alpha value is -2.23. The molecule has 0 aromatic heterocycles. The summed E-state index contributed by atoms with van der Waals surface area (Å²) in [5.41, 5.74) is 1.36. The Morgan fingerprint density at radius 1 is 1.07 bits per heavy atom. The summed E-state index contributed by atoms with van der Waals surface area (Å²) in [6.45, 7) is 1.97. The van der Waals surface area contributed by atoms with Crippen LogP contribution in [0.1, 0.15) is 38.2 Å². The molecule has 2 rings (SSSR count). The van der Waals surface area contributed by atoms with E-state index in [2.05, 4.69) is 26.0 Å². The maximum atomic E-state index is 12.8. The van der Waals surface area contributed by atoms with E-state index in [1.54, 1.807) is 36.4 Å². The first-order valence-electron chi connectivity index (χ1n) is 9.60. The number of aryl methyl sites for hydroxylation is 1. The molecule has 0 bridgehead atoms. The second-order valence-electron chi connectivity index (χ2n) is 6.85. The SMILES string of the molecule is CCCCC(NS(=O)(=O)c1ccc(Br)cc1)C(=O)Nc1ccc(CCC(=O)O)cc1. The van der Waals surface area contributed by atoms with Crippen molar-refractivity contribution >= 4 is 43.5 Å². The fourth-order valence-electron chi connectivity index (χ4n) is 2.76. The van der Waals surface area contributed by atoms with Gasteiger partial charge in [-0.05, 0) is 54.8 Å². The molecule has 0 fully saturated rings. The van der Waals surface area contributed by atoms with E-state index >= 15 is 0 Å². The van der Waals surface area contributed by atoms with Gasteiger partial charge in [-0.3, -0.25) is 9.59 Å². The first-order chi connectivity index (χ1) is 14.2. The van der Waals surface area contributed by atoms with Gasteiger partial charge < -0.3 is 10.4 Å². The number of halogens is 1. The van der Waals surface area contributed by atoms with Crippen LogP contribution < -0.4 is 10.0 Å². The lowest BCUT2D eigenvalue weighted by Crippen LogP contribution is -2.43. The molecular weight excluding hydrogens is 472 g/mol. The summed E-state index contributed by atoms with van der Waals surface area (Å²) < 4.78 is 28.6. The molecule has 0 heterocycles. The zero-order valence-electron chi connectivity index (χ0n) is 16.6. The number of rotatable bonds is 11. The lowest BCUT2D eigenvalue weighted by Gasteiger charge is -2.18. The number of nitrogens with one attached hydrogen (secondary N) is 2. The number of carboxylic acids is 1. The van der Waals surface area contributed by atoms with Crippen molar-refractivity contribution in [2.24, 2.45) is 0 Å². The number of carbonyl (C=O) groups excluding carboxylic acids is 1. The highest BCUT2D eigenvalue weighted by atomic mass is 79.9. The second-order valence-corrected chi connectivity index (χ2v) is 9.48. The van der Waals surface area contributed by atoms with E-state index in [4.69, 9.17) is 5.11 Å². The summed E-state index contributed by atoms with van der Waals surface area (Å²) in [5, 5.41) is 11.5. The Balaban J connectivity index is 2.09. The molecule has 0 saturated carbocycles. The number of carboxylic acid groups (broad SMARTS) is 1. The van der Waals surface area contributed by atoms with E-state index in [9.17, 15) is 18.0 Å². The van der Waals surface area contributed by atoms with Crippen LogP contribution in [0.15, 0.2) is 57.9 Å². The molecule has 1 atom stereocenters. The molecule has 0 radical (unpaired) electrons. The zero-order chi connectivity index (χ0) is 22.1. The summed E-state index contributed by atoms with van der Waals surface area (Å²) in [6.07, 6.45) is 2.31. The first kappa shape index (κ1) is 24.0. The lowest BCUT2D eigenvalue weighted by molar-refractivity contribution is -0.137. The van der Waals surface area contributed by atoms with Gasteiger partial charge in [-0.1, -0.05) is 47.8 Å². The molecule has 2 aromatic carbocycles. The summed E-state index contributed by atoms with van der Waals surface area (Å²) in [4.78, 5) is 23.5. The number of hydrogen-bond acceptors (Lipinski definition) is 4. The number of benzene rings is 2. The summed E-state index contributed by atoms with van der Waals surface area (Å²) in [7, 11) is -3.85. The Morgan fingerprint density at radius 3 is 2.27 bits per heavy atom. The van der Waals surface area contributed by atoms with Gasteiger partial charge in [-0.2, -0.15) is 4.72 Å². The van der Waals surface area contributed by atoms with Crippen LogP contribution in [0, 0.1) is 0 Å². The Bertz CT molecular complexity index is 960. The fourth-order valence-corrected chi connectivity index (χ4v) is 4.25. The van der Waals surface area contributed by atoms with Crippen LogP contribution >= 0.6 is 15.9 Å². The molecule has 0 aliphatic heterocycles. The predicted molar refractivity (Wildman–Crippen MR) is 119 cm³/mol. The average Bonchev–Trinajstić information content (AvgIpc) is 2.70. The Labute approximate surface area is 185 Å². The van der Waals surface area contributed by atoms with Gasteiger partial charge in [0.1, 0.15) is 6.04 Å².